The Balaban J connectivity index is 1.80. The number of rotatable bonds is 5. The molecule has 110 valence electrons. The van der Waals surface area contributed by atoms with Gasteiger partial charge < -0.3 is 5.32 Å². The maximum Gasteiger partial charge on any atom is 0.227 e. The van der Waals surface area contributed by atoms with Crippen LogP contribution in [0.2, 0.25) is 0 Å². The highest BCUT2D eigenvalue weighted by Crippen LogP contribution is 2.32. The molecule has 0 heterocycles. The summed E-state index contributed by atoms with van der Waals surface area (Å²) in [5, 5.41) is 3.07. The van der Waals surface area contributed by atoms with Crippen molar-refractivity contribution in [1.82, 2.24) is 0 Å². The van der Waals surface area contributed by atoms with E-state index < -0.39 is 0 Å². The van der Waals surface area contributed by atoms with Crippen molar-refractivity contribution in [3.05, 3.63) is 27.8 Å². The van der Waals surface area contributed by atoms with Crippen molar-refractivity contribution in [3.63, 3.8) is 0 Å². The van der Waals surface area contributed by atoms with Gasteiger partial charge in [-0.15, -0.1) is 0 Å². The fourth-order valence-corrected chi connectivity index (χ4v) is 3.56. The summed E-state index contributed by atoms with van der Waals surface area (Å²) in [7, 11) is 0. The Morgan fingerprint density at radius 3 is 2.70 bits per heavy atom. The smallest absolute Gasteiger partial charge is 0.227 e. The highest BCUT2D eigenvalue weighted by atomic mass is 127. The number of hydrogen-bond donors (Lipinski definition) is 1. The molecular weight excluding hydrogens is 361 g/mol. The van der Waals surface area contributed by atoms with Gasteiger partial charge in [-0.2, -0.15) is 0 Å². The van der Waals surface area contributed by atoms with Crippen molar-refractivity contribution in [1.29, 1.82) is 0 Å². The van der Waals surface area contributed by atoms with Crippen LogP contribution >= 0.6 is 22.6 Å². The van der Waals surface area contributed by atoms with Gasteiger partial charge in [0, 0.05) is 15.2 Å². The number of halogens is 1. The lowest BCUT2D eigenvalue weighted by Gasteiger charge is -2.27. The Morgan fingerprint density at radius 2 is 2.05 bits per heavy atom. The summed E-state index contributed by atoms with van der Waals surface area (Å²) >= 11 is 2.27. The van der Waals surface area contributed by atoms with E-state index in [0.717, 1.165) is 28.0 Å². The van der Waals surface area contributed by atoms with Gasteiger partial charge in [0.05, 0.1) is 0 Å². The number of unbranched alkanes of at least 4 members (excludes halogenated alkanes) is 1. The normalized spacial score (nSPS) is 22.5. The van der Waals surface area contributed by atoms with E-state index in [1.165, 1.54) is 32.1 Å². The SMILES string of the molecule is CCCCC1CCC(C(=O)Nc2cccc(I)c2)CC1. The van der Waals surface area contributed by atoms with Crippen LogP contribution in [0.15, 0.2) is 24.3 Å². The van der Waals surface area contributed by atoms with Crippen molar-refractivity contribution >= 4 is 34.2 Å². The van der Waals surface area contributed by atoms with Crippen LogP contribution in [0.1, 0.15) is 51.9 Å². The topological polar surface area (TPSA) is 29.1 Å². The number of benzene rings is 1. The summed E-state index contributed by atoms with van der Waals surface area (Å²) < 4.78 is 1.16. The van der Waals surface area contributed by atoms with Crippen LogP contribution in [-0.4, -0.2) is 5.91 Å². The fourth-order valence-electron chi connectivity index (χ4n) is 3.02. The van der Waals surface area contributed by atoms with Gasteiger partial charge in [0.1, 0.15) is 0 Å². The first-order valence-electron chi connectivity index (χ1n) is 7.75. The van der Waals surface area contributed by atoms with Gasteiger partial charge in [-0.25, -0.2) is 0 Å². The van der Waals surface area contributed by atoms with E-state index in [4.69, 9.17) is 0 Å². The second kappa shape index (κ2) is 8.01. The predicted octanol–water partition coefficient (Wildman–Crippen LogP) is 5.23. The first-order valence-corrected chi connectivity index (χ1v) is 8.83. The van der Waals surface area contributed by atoms with Crippen LogP contribution in [-0.2, 0) is 4.79 Å². The molecule has 1 N–H and O–H groups in total. The highest BCUT2D eigenvalue weighted by Gasteiger charge is 2.25. The van der Waals surface area contributed by atoms with Crippen molar-refractivity contribution in [3.8, 4) is 0 Å². The third kappa shape index (κ3) is 4.76. The standard InChI is InChI=1S/C17H24INO/c1-2-3-5-13-8-10-14(11-9-13)17(20)19-16-7-4-6-15(18)12-16/h4,6-7,12-14H,2-3,5,8-11H2,1H3,(H,19,20). The number of carbonyl (C=O) groups excluding carboxylic acids is 1. The molecule has 2 rings (SSSR count). The van der Waals surface area contributed by atoms with Crippen LogP contribution in [0.3, 0.4) is 0 Å². The van der Waals surface area contributed by atoms with E-state index in [9.17, 15) is 4.79 Å². The summed E-state index contributed by atoms with van der Waals surface area (Å²) in [6.45, 7) is 2.25. The summed E-state index contributed by atoms with van der Waals surface area (Å²) in [5.74, 6) is 1.28. The number of nitrogens with one attached hydrogen (secondary N) is 1. The van der Waals surface area contributed by atoms with Crippen LogP contribution < -0.4 is 5.32 Å². The Morgan fingerprint density at radius 1 is 1.30 bits per heavy atom. The lowest BCUT2D eigenvalue weighted by molar-refractivity contribution is -0.121. The average Bonchev–Trinajstić information content (AvgIpc) is 2.45. The maximum absolute atomic E-state index is 12.3. The van der Waals surface area contributed by atoms with Gasteiger partial charge in [0.15, 0.2) is 0 Å². The molecule has 20 heavy (non-hydrogen) atoms. The second-order valence-electron chi connectivity index (χ2n) is 5.86. The zero-order valence-electron chi connectivity index (χ0n) is 12.2. The Bertz CT molecular complexity index is 438. The molecule has 1 saturated carbocycles. The Hall–Kier alpha value is -0.580. The minimum Gasteiger partial charge on any atom is -0.326 e. The molecule has 1 aliphatic carbocycles. The first kappa shape index (κ1) is 15.8. The van der Waals surface area contributed by atoms with E-state index in [1.54, 1.807) is 0 Å². The van der Waals surface area contributed by atoms with E-state index in [1.807, 2.05) is 24.3 Å². The molecular formula is C17H24INO. The van der Waals surface area contributed by atoms with Crippen LogP contribution in [0, 0.1) is 15.4 Å². The summed E-state index contributed by atoms with van der Waals surface area (Å²) in [6, 6.07) is 8.01. The van der Waals surface area contributed by atoms with Crippen LogP contribution in [0.5, 0.6) is 0 Å². The zero-order valence-corrected chi connectivity index (χ0v) is 14.4. The second-order valence-corrected chi connectivity index (χ2v) is 7.11. The number of carbonyl (C=O) groups is 1. The van der Waals surface area contributed by atoms with Gasteiger partial charge in [-0.3, -0.25) is 4.79 Å². The predicted molar refractivity (Wildman–Crippen MR) is 92.8 cm³/mol. The molecule has 1 fully saturated rings. The Labute approximate surface area is 135 Å². The van der Waals surface area contributed by atoms with E-state index in [2.05, 4.69) is 34.8 Å². The third-order valence-corrected chi connectivity index (χ3v) is 4.95. The van der Waals surface area contributed by atoms with Gasteiger partial charge in [-0.1, -0.05) is 32.3 Å². The molecule has 1 aromatic carbocycles. The van der Waals surface area contributed by atoms with Gasteiger partial charge in [0.2, 0.25) is 5.91 Å². The molecule has 1 aromatic rings. The molecule has 0 aromatic heterocycles. The molecule has 0 radical (unpaired) electrons. The van der Waals surface area contributed by atoms with Crippen molar-refractivity contribution in [2.75, 3.05) is 5.32 Å². The quantitative estimate of drug-likeness (QED) is 0.692. The van der Waals surface area contributed by atoms with E-state index in [0.29, 0.717) is 0 Å². The lowest BCUT2D eigenvalue weighted by atomic mass is 9.79. The van der Waals surface area contributed by atoms with Gasteiger partial charge in [0.25, 0.3) is 0 Å². The zero-order chi connectivity index (χ0) is 14.4. The maximum atomic E-state index is 12.3. The van der Waals surface area contributed by atoms with E-state index >= 15 is 0 Å². The number of anilines is 1. The van der Waals surface area contributed by atoms with Gasteiger partial charge in [-0.05, 0) is 72.4 Å². The van der Waals surface area contributed by atoms with Crippen LogP contribution in [0.4, 0.5) is 5.69 Å². The molecule has 0 bridgehead atoms. The van der Waals surface area contributed by atoms with Gasteiger partial charge >= 0.3 is 0 Å². The molecule has 0 saturated heterocycles. The Kier molecular flexibility index (Phi) is 6.33. The number of amides is 1. The highest BCUT2D eigenvalue weighted by molar-refractivity contribution is 14.1. The average molecular weight is 385 g/mol. The first-order chi connectivity index (χ1) is 9.69. The molecule has 1 amide bonds. The largest absolute Gasteiger partial charge is 0.326 e. The van der Waals surface area contributed by atoms with Crippen molar-refractivity contribution in [2.45, 2.75) is 51.9 Å². The van der Waals surface area contributed by atoms with Crippen molar-refractivity contribution in [2.24, 2.45) is 11.8 Å². The summed E-state index contributed by atoms with van der Waals surface area (Å²) in [4.78, 5) is 12.3. The third-order valence-electron chi connectivity index (χ3n) is 4.28. The lowest BCUT2D eigenvalue weighted by Crippen LogP contribution is -2.27. The monoisotopic (exact) mass is 385 g/mol. The van der Waals surface area contributed by atoms with E-state index in [-0.39, 0.29) is 11.8 Å². The molecule has 0 spiro atoms. The fraction of sp³-hybridized carbons (Fsp3) is 0.588. The minimum absolute atomic E-state index is 0.209. The minimum atomic E-state index is 0.209. The molecule has 0 aliphatic heterocycles. The summed E-state index contributed by atoms with van der Waals surface area (Å²) in [5.41, 5.74) is 0.926. The molecule has 2 nitrogen and oxygen atoms in total. The number of hydrogen-bond acceptors (Lipinski definition) is 1. The molecule has 0 atom stereocenters. The van der Waals surface area contributed by atoms with Crippen molar-refractivity contribution < 1.29 is 4.79 Å². The molecule has 1 aliphatic rings. The molecule has 0 unspecified atom stereocenters. The van der Waals surface area contributed by atoms with Crippen LogP contribution in [0.25, 0.3) is 0 Å². The molecule has 3 heteroatoms. The summed E-state index contributed by atoms with van der Waals surface area (Å²) in [6.07, 6.45) is 8.54.